The molecule has 6 heteroatoms. The number of rotatable bonds is 7. The Labute approximate surface area is 180 Å². The summed E-state index contributed by atoms with van der Waals surface area (Å²) in [6.45, 7) is 3.35. The molecular weight excluding hydrogens is 396 g/mol. The first-order chi connectivity index (χ1) is 14.9. The molecule has 0 amide bonds. The van der Waals surface area contributed by atoms with Gasteiger partial charge in [0.15, 0.2) is 0 Å². The van der Waals surface area contributed by atoms with E-state index in [2.05, 4.69) is 24.3 Å². The average Bonchev–Trinajstić information content (AvgIpc) is 3.21. The van der Waals surface area contributed by atoms with Crippen LogP contribution in [-0.4, -0.2) is 28.1 Å². The average molecular weight is 421 g/mol. The molecule has 31 heavy (non-hydrogen) atoms. The molecule has 0 spiro atoms. The van der Waals surface area contributed by atoms with Gasteiger partial charge in [0.25, 0.3) is 0 Å². The molecule has 1 aromatic heterocycles. The molecule has 2 N–H and O–H groups in total. The lowest BCUT2D eigenvalue weighted by Gasteiger charge is -2.26. The van der Waals surface area contributed by atoms with Crippen LogP contribution in [0.15, 0.2) is 72.9 Å². The van der Waals surface area contributed by atoms with Gasteiger partial charge in [0.1, 0.15) is 18.1 Å². The molecule has 0 aliphatic heterocycles. The standard InChI is InChI=1S/C25H25F2N3O/c1-17(2)18-3-8-22(9-4-18)28-16-25(31,15-26)20-5-12-24-19(13-20)14-29-30(24)23-10-6-21(27)7-11-23/h3-14,17,28,31H,15-16H2,1-2H3. The molecule has 4 aromatic rings. The van der Waals surface area contributed by atoms with Crippen LogP contribution in [0.1, 0.15) is 30.9 Å². The zero-order chi connectivity index (χ0) is 22.0. The second kappa shape index (κ2) is 8.47. The molecule has 0 fully saturated rings. The number of halogens is 2. The second-order valence-corrected chi connectivity index (χ2v) is 8.10. The van der Waals surface area contributed by atoms with E-state index in [9.17, 15) is 13.9 Å². The Morgan fingerprint density at radius 2 is 1.74 bits per heavy atom. The fraction of sp³-hybridized carbons (Fsp3) is 0.240. The smallest absolute Gasteiger partial charge is 0.135 e. The van der Waals surface area contributed by atoms with Gasteiger partial charge in [0, 0.05) is 11.1 Å². The number of nitrogens with one attached hydrogen (secondary N) is 1. The highest BCUT2D eigenvalue weighted by Crippen LogP contribution is 2.28. The summed E-state index contributed by atoms with van der Waals surface area (Å²) in [6, 6.07) is 19.2. The van der Waals surface area contributed by atoms with Gasteiger partial charge in [0.2, 0.25) is 0 Å². The van der Waals surface area contributed by atoms with E-state index in [1.165, 1.54) is 17.7 Å². The lowest BCUT2D eigenvalue weighted by atomic mass is 9.94. The maximum absolute atomic E-state index is 14.0. The van der Waals surface area contributed by atoms with Crippen LogP contribution < -0.4 is 5.32 Å². The van der Waals surface area contributed by atoms with Crippen LogP contribution in [0.3, 0.4) is 0 Å². The predicted octanol–water partition coefficient (Wildman–Crippen LogP) is 5.56. The zero-order valence-corrected chi connectivity index (χ0v) is 17.5. The van der Waals surface area contributed by atoms with Crippen molar-refractivity contribution in [3.63, 3.8) is 0 Å². The lowest BCUT2D eigenvalue weighted by molar-refractivity contribution is 0.0241. The summed E-state index contributed by atoms with van der Waals surface area (Å²) >= 11 is 0. The monoisotopic (exact) mass is 421 g/mol. The Bertz CT molecular complexity index is 1170. The minimum Gasteiger partial charge on any atom is -0.382 e. The first kappa shape index (κ1) is 21.0. The number of hydrogen-bond donors (Lipinski definition) is 2. The molecular formula is C25H25F2N3O. The number of benzene rings is 3. The normalized spacial score (nSPS) is 13.5. The topological polar surface area (TPSA) is 50.1 Å². The maximum Gasteiger partial charge on any atom is 0.135 e. The van der Waals surface area contributed by atoms with E-state index in [-0.39, 0.29) is 12.4 Å². The van der Waals surface area contributed by atoms with Crippen LogP contribution in [-0.2, 0) is 5.60 Å². The van der Waals surface area contributed by atoms with E-state index in [1.54, 1.807) is 41.2 Å². The number of aromatic nitrogens is 2. The van der Waals surface area contributed by atoms with Crippen molar-refractivity contribution in [2.75, 3.05) is 18.5 Å². The summed E-state index contributed by atoms with van der Waals surface area (Å²) in [7, 11) is 0. The SMILES string of the molecule is CC(C)c1ccc(NCC(O)(CF)c2ccc3c(cnn3-c3ccc(F)cc3)c2)cc1. The van der Waals surface area contributed by atoms with Gasteiger partial charge in [-0.1, -0.05) is 32.0 Å². The molecule has 0 aliphatic carbocycles. The number of aliphatic hydroxyl groups is 1. The summed E-state index contributed by atoms with van der Waals surface area (Å²) in [4.78, 5) is 0. The number of nitrogens with zero attached hydrogens (tertiary/aromatic N) is 2. The molecule has 0 radical (unpaired) electrons. The summed E-state index contributed by atoms with van der Waals surface area (Å²) in [5.74, 6) is 0.112. The van der Waals surface area contributed by atoms with Crippen molar-refractivity contribution in [3.8, 4) is 5.69 Å². The number of hydrogen-bond acceptors (Lipinski definition) is 3. The van der Waals surface area contributed by atoms with Crippen molar-refractivity contribution < 1.29 is 13.9 Å². The largest absolute Gasteiger partial charge is 0.382 e. The summed E-state index contributed by atoms with van der Waals surface area (Å²) in [6.07, 6.45) is 1.65. The van der Waals surface area contributed by atoms with Gasteiger partial charge in [-0.25, -0.2) is 13.5 Å². The zero-order valence-electron chi connectivity index (χ0n) is 17.5. The van der Waals surface area contributed by atoms with Crippen LogP contribution in [0, 0.1) is 5.82 Å². The van der Waals surface area contributed by atoms with E-state index >= 15 is 0 Å². The fourth-order valence-corrected chi connectivity index (χ4v) is 3.57. The molecule has 0 saturated carbocycles. The van der Waals surface area contributed by atoms with Crippen molar-refractivity contribution in [2.45, 2.75) is 25.4 Å². The fourth-order valence-electron chi connectivity index (χ4n) is 3.57. The third-order valence-corrected chi connectivity index (χ3v) is 5.56. The molecule has 0 aliphatic rings. The van der Waals surface area contributed by atoms with Crippen LogP contribution in [0.25, 0.3) is 16.6 Å². The van der Waals surface area contributed by atoms with Crippen LogP contribution in [0.5, 0.6) is 0 Å². The van der Waals surface area contributed by atoms with Gasteiger partial charge < -0.3 is 10.4 Å². The molecule has 160 valence electrons. The van der Waals surface area contributed by atoms with Crippen molar-refractivity contribution in [1.29, 1.82) is 0 Å². The molecule has 0 saturated heterocycles. The molecule has 1 heterocycles. The molecule has 0 bridgehead atoms. The second-order valence-electron chi connectivity index (χ2n) is 8.10. The maximum atomic E-state index is 14.0. The van der Waals surface area contributed by atoms with Crippen molar-refractivity contribution in [2.24, 2.45) is 0 Å². The van der Waals surface area contributed by atoms with Crippen molar-refractivity contribution in [1.82, 2.24) is 9.78 Å². The van der Waals surface area contributed by atoms with E-state index in [4.69, 9.17) is 0 Å². The third-order valence-electron chi connectivity index (χ3n) is 5.56. The van der Waals surface area contributed by atoms with Gasteiger partial charge in [-0.15, -0.1) is 0 Å². The highest BCUT2D eigenvalue weighted by Gasteiger charge is 2.30. The number of anilines is 1. The van der Waals surface area contributed by atoms with E-state index in [1.807, 2.05) is 24.3 Å². The molecule has 4 nitrogen and oxygen atoms in total. The summed E-state index contributed by atoms with van der Waals surface area (Å²) < 4.78 is 28.9. The molecule has 1 unspecified atom stereocenters. The highest BCUT2D eigenvalue weighted by molar-refractivity contribution is 5.81. The summed E-state index contributed by atoms with van der Waals surface area (Å²) in [5, 5.41) is 19.3. The Balaban J connectivity index is 1.57. The summed E-state index contributed by atoms with van der Waals surface area (Å²) in [5.41, 5.74) is 2.33. The number of alkyl halides is 1. The van der Waals surface area contributed by atoms with Crippen LogP contribution >= 0.6 is 0 Å². The van der Waals surface area contributed by atoms with Gasteiger partial charge in [-0.05, 0) is 65.6 Å². The van der Waals surface area contributed by atoms with E-state index in [0.717, 1.165) is 22.3 Å². The molecule has 1 atom stereocenters. The Hall–Kier alpha value is -3.25. The Morgan fingerprint density at radius 1 is 1.03 bits per heavy atom. The van der Waals surface area contributed by atoms with Crippen molar-refractivity contribution in [3.05, 3.63) is 89.9 Å². The molecule has 3 aromatic carbocycles. The van der Waals surface area contributed by atoms with E-state index < -0.39 is 12.3 Å². The van der Waals surface area contributed by atoms with Gasteiger partial charge in [0.05, 0.1) is 23.9 Å². The van der Waals surface area contributed by atoms with Crippen LogP contribution in [0.2, 0.25) is 0 Å². The van der Waals surface area contributed by atoms with Gasteiger partial charge in [-0.3, -0.25) is 0 Å². The Morgan fingerprint density at radius 3 is 2.39 bits per heavy atom. The van der Waals surface area contributed by atoms with E-state index in [0.29, 0.717) is 11.5 Å². The highest BCUT2D eigenvalue weighted by atomic mass is 19.1. The quantitative estimate of drug-likeness (QED) is 0.411. The third kappa shape index (κ3) is 4.30. The first-order valence-electron chi connectivity index (χ1n) is 10.3. The predicted molar refractivity (Wildman–Crippen MR) is 120 cm³/mol. The Kier molecular flexibility index (Phi) is 5.74. The first-order valence-corrected chi connectivity index (χ1v) is 10.3. The van der Waals surface area contributed by atoms with Crippen molar-refractivity contribution >= 4 is 16.6 Å². The molecule has 4 rings (SSSR count). The van der Waals surface area contributed by atoms with Gasteiger partial charge in [-0.2, -0.15) is 5.10 Å². The lowest BCUT2D eigenvalue weighted by Crippen LogP contribution is -2.36. The minimum absolute atomic E-state index is 0.0299. The van der Waals surface area contributed by atoms with Crippen LogP contribution in [0.4, 0.5) is 14.5 Å². The minimum atomic E-state index is -1.68. The van der Waals surface area contributed by atoms with Gasteiger partial charge >= 0.3 is 0 Å². The number of fused-ring (bicyclic) bond motifs is 1.